The molecule has 2 aliphatic rings. The quantitative estimate of drug-likeness (QED) is 0.795. The minimum Gasteiger partial charge on any atom is -0.382 e. The van der Waals surface area contributed by atoms with E-state index in [2.05, 4.69) is 5.32 Å². The van der Waals surface area contributed by atoms with Gasteiger partial charge in [-0.05, 0) is 26.7 Å². The highest BCUT2D eigenvalue weighted by Crippen LogP contribution is 2.41. The Morgan fingerprint density at radius 1 is 1.20 bits per heavy atom. The highest BCUT2D eigenvalue weighted by atomic mass is 16.5. The van der Waals surface area contributed by atoms with Crippen LogP contribution in [0.2, 0.25) is 0 Å². The molecule has 2 fully saturated rings. The van der Waals surface area contributed by atoms with Crippen molar-refractivity contribution in [3.63, 3.8) is 0 Å². The maximum atomic E-state index is 12.8. The van der Waals surface area contributed by atoms with Gasteiger partial charge in [0.1, 0.15) is 5.41 Å². The zero-order valence-corrected chi connectivity index (χ0v) is 12.3. The molecule has 0 bridgehead atoms. The molecule has 0 unspecified atom stereocenters. The van der Waals surface area contributed by atoms with Gasteiger partial charge >= 0.3 is 6.03 Å². The van der Waals surface area contributed by atoms with Gasteiger partial charge in [0.25, 0.3) is 0 Å². The van der Waals surface area contributed by atoms with Crippen LogP contribution in [-0.4, -0.2) is 42.0 Å². The van der Waals surface area contributed by atoms with Crippen LogP contribution in [0.3, 0.4) is 0 Å². The van der Waals surface area contributed by atoms with Crippen LogP contribution in [0.15, 0.2) is 0 Å². The Hall–Kier alpha value is -1.43. The van der Waals surface area contributed by atoms with E-state index in [-0.39, 0.29) is 12.5 Å². The fourth-order valence-electron chi connectivity index (χ4n) is 3.24. The highest BCUT2D eigenvalue weighted by molar-refractivity contribution is 6.19. The molecule has 0 atom stereocenters. The molecule has 2 rings (SSSR count). The van der Waals surface area contributed by atoms with Crippen LogP contribution in [0.5, 0.6) is 0 Å². The lowest BCUT2D eigenvalue weighted by molar-refractivity contribution is -0.158. The number of hydrogen-bond acceptors (Lipinski definition) is 4. The molecule has 0 radical (unpaired) electrons. The van der Waals surface area contributed by atoms with Crippen molar-refractivity contribution in [1.29, 1.82) is 0 Å². The molecule has 112 valence electrons. The van der Waals surface area contributed by atoms with E-state index >= 15 is 0 Å². The standard InChI is InChI=1S/C14H22N2O4/c1-13(2,9-20-3)16-11(18)14(7-5-4-6-8-14)10(17)15-12(16)19/h4-9H2,1-3H3,(H,15,17,19). The molecule has 1 spiro atoms. The summed E-state index contributed by atoms with van der Waals surface area (Å²) in [5, 5.41) is 2.36. The van der Waals surface area contributed by atoms with Gasteiger partial charge in [0.15, 0.2) is 0 Å². The Bertz CT molecular complexity index is 438. The molecule has 1 saturated carbocycles. The predicted molar refractivity (Wildman–Crippen MR) is 71.9 cm³/mol. The Morgan fingerprint density at radius 3 is 2.35 bits per heavy atom. The fraction of sp³-hybridized carbons (Fsp3) is 0.786. The van der Waals surface area contributed by atoms with E-state index in [1.807, 2.05) is 0 Å². The van der Waals surface area contributed by atoms with Gasteiger partial charge in [0, 0.05) is 7.11 Å². The van der Waals surface area contributed by atoms with Gasteiger partial charge in [-0.2, -0.15) is 0 Å². The fourth-order valence-corrected chi connectivity index (χ4v) is 3.24. The largest absolute Gasteiger partial charge is 0.382 e. The second kappa shape index (κ2) is 5.16. The van der Waals surface area contributed by atoms with Crippen molar-refractivity contribution in [2.45, 2.75) is 51.5 Å². The summed E-state index contributed by atoms with van der Waals surface area (Å²) in [4.78, 5) is 38.3. The first-order valence-electron chi connectivity index (χ1n) is 7.04. The number of imide groups is 2. The number of nitrogens with one attached hydrogen (secondary N) is 1. The van der Waals surface area contributed by atoms with E-state index in [0.29, 0.717) is 12.8 Å². The summed E-state index contributed by atoms with van der Waals surface area (Å²) >= 11 is 0. The molecule has 1 aliphatic heterocycles. The molecule has 0 aromatic rings. The van der Waals surface area contributed by atoms with Gasteiger partial charge in [-0.1, -0.05) is 19.3 Å². The Labute approximate surface area is 118 Å². The minimum atomic E-state index is -1.06. The first-order valence-corrected chi connectivity index (χ1v) is 7.04. The van der Waals surface area contributed by atoms with E-state index < -0.39 is 22.9 Å². The Morgan fingerprint density at radius 2 is 1.80 bits per heavy atom. The molecule has 6 heteroatoms. The smallest absolute Gasteiger partial charge is 0.331 e. The second-order valence-corrected chi connectivity index (χ2v) is 6.29. The third-order valence-electron chi connectivity index (χ3n) is 4.28. The normalized spacial score (nSPS) is 23.1. The van der Waals surface area contributed by atoms with Crippen molar-refractivity contribution in [3.05, 3.63) is 0 Å². The van der Waals surface area contributed by atoms with Crippen molar-refractivity contribution < 1.29 is 19.1 Å². The SMILES string of the molecule is COCC(C)(C)N1C(=O)NC(=O)C2(CCCCC2)C1=O. The van der Waals surface area contributed by atoms with Crippen LogP contribution in [0.25, 0.3) is 0 Å². The molecule has 4 amide bonds. The average molecular weight is 282 g/mol. The van der Waals surface area contributed by atoms with Crippen LogP contribution in [-0.2, 0) is 14.3 Å². The molecule has 6 nitrogen and oxygen atoms in total. The molecule has 1 heterocycles. The summed E-state index contributed by atoms with van der Waals surface area (Å²) in [6.07, 6.45) is 3.74. The van der Waals surface area contributed by atoms with Gasteiger partial charge in [-0.25, -0.2) is 4.79 Å². The number of ether oxygens (including phenoxy) is 1. The number of methoxy groups -OCH3 is 1. The van der Waals surface area contributed by atoms with Gasteiger partial charge in [-0.3, -0.25) is 19.8 Å². The number of hydrogen-bond donors (Lipinski definition) is 1. The summed E-state index contributed by atoms with van der Waals surface area (Å²) in [6.45, 7) is 3.76. The van der Waals surface area contributed by atoms with Gasteiger partial charge in [0.2, 0.25) is 11.8 Å². The molecule has 0 aromatic heterocycles. The van der Waals surface area contributed by atoms with Gasteiger partial charge in [0.05, 0.1) is 12.1 Å². The topological polar surface area (TPSA) is 75.7 Å². The monoisotopic (exact) mass is 282 g/mol. The third-order valence-corrected chi connectivity index (χ3v) is 4.28. The molecule has 1 saturated heterocycles. The van der Waals surface area contributed by atoms with Crippen LogP contribution in [0.4, 0.5) is 4.79 Å². The van der Waals surface area contributed by atoms with Crippen molar-refractivity contribution in [2.24, 2.45) is 5.41 Å². The summed E-state index contributed by atoms with van der Waals surface area (Å²) in [7, 11) is 1.52. The zero-order valence-electron chi connectivity index (χ0n) is 12.3. The number of nitrogens with zero attached hydrogens (tertiary/aromatic N) is 1. The first-order chi connectivity index (χ1) is 9.35. The minimum absolute atomic E-state index is 0.233. The average Bonchev–Trinajstić information content (AvgIpc) is 2.37. The molecular weight excluding hydrogens is 260 g/mol. The van der Waals surface area contributed by atoms with E-state index in [9.17, 15) is 14.4 Å². The summed E-state index contributed by atoms with van der Waals surface area (Å²) in [5.74, 6) is -0.801. The lowest BCUT2D eigenvalue weighted by Gasteiger charge is -2.46. The molecule has 1 aliphatic carbocycles. The van der Waals surface area contributed by atoms with Crippen molar-refractivity contribution in [1.82, 2.24) is 10.2 Å². The summed E-state index contributed by atoms with van der Waals surface area (Å²) in [6, 6.07) is -0.641. The molecule has 20 heavy (non-hydrogen) atoms. The number of carbonyl (C=O) groups excluding carboxylic acids is 3. The molecule has 1 N–H and O–H groups in total. The maximum Gasteiger partial charge on any atom is 0.331 e. The zero-order chi connectivity index (χ0) is 15.0. The number of barbiturate groups is 1. The second-order valence-electron chi connectivity index (χ2n) is 6.29. The number of rotatable bonds is 3. The Kier molecular flexibility index (Phi) is 3.86. The predicted octanol–water partition coefficient (Wildman–Crippen LogP) is 1.44. The van der Waals surface area contributed by atoms with Crippen molar-refractivity contribution in [3.8, 4) is 0 Å². The van der Waals surface area contributed by atoms with Crippen LogP contribution < -0.4 is 5.32 Å². The van der Waals surface area contributed by atoms with E-state index in [4.69, 9.17) is 4.74 Å². The lowest BCUT2D eigenvalue weighted by atomic mass is 9.70. The van der Waals surface area contributed by atoms with Crippen molar-refractivity contribution >= 4 is 17.8 Å². The van der Waals surface area contributed by atoms with Crippen molar-refractivity contribution in [2.75, 3.05) is 13.7 Å². The van der Waals surface area contributed by atoms with Crippen LogP contribution in [0.1, 0.15) is 46.0 Å². The van der Waals surface area contributed by atoms with E-state index in [0.717, 1.165) is 19.3 Å². The highest BCUT2D eigenvalue weighted by Gasteiger charge is 2.56. The maximum absolute atomic E-state index is 12.8. The van der Waals surface area contributed by atoms with Gasteiger partial charge < -0.3 is 4.74 Å². The van der Waals surface area contributed by atoms with Crippen LogP contribution >= 0.6 is 0 Å². The van der Waals surface area contributed by atoms with E-state index in [1.54, 1.807) is 13.8 Å². The number of carbonyl (C=O) groups is 3. The van der Waals surface area contributed by atoms with Gasteiger partial charge in [-0.15, -0.1) is 0 Å². The lowest BCUT2D eigenvalue weighted by Crippen LogP contribution is -2.69. The number of urea groups is 1. The summed E-state index contributed by atoms with van der Waals surface area (Å²) < 4.78 is 5.10. The van der Waals surface area contributed by atoms with Crippen LogP contribution in [0, 0.1) is 5.41 Å². The van der Waals surface area contributed by atoms with E-state index in [1.165, 1.54) is 12.0 Å². The Balaban J connectivity index is 2.36. The molecule has 0 aromatic carbocycles. The number of amides is 4. The summed E-state index contributed by atoms with van der Waals surface area (Å²) in [5.41, 5.74) is -1.84. The first kappa shape index (κ1) is 15.0. The molecular formula is C14H22N2O4. The third kappa shape index (κ3) is 2.22.